The van der Waals surface area contributed by atoms with Crippen molar-refractivity contribution in [2.24, 2.45) is 0 Å². The van der Waals surface area contributed by atoms with Crippen LogP contribution in [0, 0.1) is 0 Å². The number of nitrogens with one attached hydrogen (secondary N) is 2. The standard InChI is InChI=1S/C16H18N2O5S/c1-23-13-7-9-14(10-8-13)24(21,22)18-15(11-16(19)17-20)12-5-3-2-4-6-12/h2-10,15,18,20H,11H2,1H3,(H,17,19). The van der Waals surface area contributed by atoms with Crippen LogP contribution in [0.5, 0.6) is 5.75 Å². The molecule has 0 aliphatic rings. The molecule has 1 amide bonds. The molecule has 2 aromatic rings. The number of carbonyl (C=O) groups is 1. The van der Waals surface area contributed by atoms with Gasteiger partial charge in [-0.1, -0.05) is 30.3 Å². The predicted octanol–water partition coefficient (Wildman–Crippen LogP) is 1.61. The number of amides is 1. The zero-order valence-electron chi connectivity index (χ0n) is 13.0. The maximum atomic E-state index is 12.5. The molecular weight excluding hydrogens is 332 g/mol. The number of hydrogen-bond acceptors (Lipinski definition) is 5. The van der Waals surface area contributed by atoms with Crippen LogP contribution in [0.3, 0.4) is 0 Å². The van der Waals surface area contributed by atoms with Crippen LogP contribution in [0.15, 0.2) is 59.5 Å². The fraction of sp³-hybridized carbons (Fsp3) is 0.188. The van der Waals surface area contributed by atoms with Crippen molar-refractivity contribution in [1.29, 1.82) is 0 Å². The summed E-state index contributed by atoms with van der Waals surface area (Å²) in [6.45, 7) is 0. The average Bonchev–Trinajstić information content (AvgIpc) is 2.61. The van der Waals surface area contributed by atoms with Gasteiger partial charge in [-0.15, -0.1) is 0 Å². The smallest absolute Gasteiger partial charge is 0.245 e. The van der Waals surface area contributed by atoms with E-state index in [4.69, 9.17) is 9.94 Å². The van der Waals surface area contributed by atoms with E-state index in [0.717, 1.165) is 0 Å². The lowest BCUT2D eigenvalue weighted by molar-refractivity contribution is -0.129. The van der Waals surface area contributed by atoms with E-state index < -0.39 is 22.0 Å². The van der Waals surface area contributed by atoms with Gasteiger partial charge in [-0.25, -0.2) is 18.6 Å². The molecule has 0 heterocycles. The van der Waals surface area contributed by atoms with E-state index in [0.29, 0.717) is 11.3 Å². The summed E-state index contributed by atoms with van der Waals surface area (Å²) in [5, 5.41) is 8.71. The first-order valence-electron chi connectivity index (χ1n) is 7.10. The van der Waals surface area contributed by atoms with E-state index in [2.05, 4.69) is 4.72 Å². The van der Waals surface area contributed by atoms with Gasteiger partial charge in [0.25, 0.3) is 0 Å². The van der Waals surface area contributed by atoms with Crippen molar-refractivity contribution in [2.75, 3.05) is 7.11 Å². The topological polar surface area (TPSA) is 105 Å². The largest absolute Gasteiger partial charge is 0.497 e. The van der Waals surface area contributed by atoms with E-state index >= 15 is 0 Å². The Morgan fingerprint density at radius 3 is 2.29 bits per heavy atom. The minimum absolute atomic E-state index is 0.0497. The molecule has 0 radical (unpaired) electrons. The third kappa shape index (κ3) is 4.54. The molecule has 2 aromatic carbocycles. The van der Waals surface area contributed by atoms with Gasteiger partial charge < -0.3 is 4.74 Å². The Hall–Kier alpha value is -2.42. The number of sulfonamides is 1. The van der Waals surface area contributed by atoms with E-state index in [-0.39, 0.29) is 11.3 Å². The van der Waals surface area contributed by atoms with Gasteiger partial charge in [-0.2, -0.15) is 0 Å². The maximum Gasteiger partial charge on any atom is 0.245 e. The van der Waals surface area contributed by atoms with Crippen LogP contribution in [0.4, 0.5) is 0 Å². The van der Waals surface area contributed by atoms with Gasteiger partial charge in [-0.3, -0.25) is 10.0 Å². The quantitative estimate of drug-likeness (QED) is 0.520. The highest BCUT2D eigenvalue weighted by molar-refractivity contribution is 7.89. The monoisotopic (exact) mass is 350 g/mol. The zero-order valence-corrected chi connectivity index (χ0v) is 13.8. The van der Waals surface area contributed by atoms with Crippen molar-refractivity contribution in [3.05, 3.63) is 60.2 Å². The van der Waals surface area contributed by atoms with Gasteiger partial charge in [0.1, 0.15) is 5.75 Å². The minimum atomic E-state index is -3.85. The number of hydrogen-bond donors (Lipinski definition) is 3. The Kier molecular flexibility index (Phi) is 5.91. The van der Waals surface area contributed by atoms with Gasteiger partial charge in [0, 0.05) is 6.42 Å². The van der Waals surface area contributed by atoms with Gasteiger partial charge >= 0.3 is 0 Å². The maximum absolute atomic E-state index is 12.5. The number of rotatable bonds is 7. The Morgan fingerprint density at radius 1 is 1.12 bits per heavy atom. The summed E-state index contributed by atoms with van der Waals surface area (Å²) in [6, 6.07) is 13.7. The Bertz CT molecular complexity index is 776. The fourth-order valence-corrected chi connectivity index (χ4v) is 3.38. The zero-order chi connectivity index (χ0) is 17.6. The number of hydroxylamine groups is 1. The van der Waals surface area contributed by atoms with Crippen molar-refractivity contribution in [1.82, 2.24) is 10.2 Å². The van der Waals surface area contributed by atoms with Crippen molar-refractivity contribution in [2.45, 2.75) is 17.4 Å². The molecule has 0 aromatic heterocycles. The summed E-state index contributed by atoms with van der Waals surface area (Å²) in [6.07, 6.45) is -0.240. The first-order valence-corrected chi connectivity index (χ1v) is 8.59. The number of ether oxygens (including phenoxy) is 1. The van der Waals surface area contributed by atoms with Crippen molar-refractivity contribution in [3.8, 4) is 5.75 Å². The van der Waals surface area contributed by atoms with Crippen LogP contribution in [-0.4, -0.2) is 26.6 Å². The molecule has 24 heavy (non-hydrogen) atoms. The summed E-state index contributed by atoms with van der Waals surface area (Å²) >= 11 is 0. The Labute approximate surface area is 140 Å². The van der Waals surface area contributed by atoms with Gasteiger partial charge in [-0.05, 0) is 29.8 Å². The molecule has 0 bridgehead atoms. The molecule has 0 aliphatic carbocycles. The third-order valence-electron chi connectivity index (χ3n) is 3.38. The number of carbonyl (C=O) groups excluding carboxylic acids is 1. The van der Waals surface area contributed by atoms with Crippen LogP contribution in [0.1, 0.15) is 18.0 Å². The molecule has 8 heteroatoms. The Morgan fingerprint density at radius 2 is 1.75 bits per heavy atom. The lowest BCUT2D eigenvalue weighted by Crippen LogP contribution is -2.33. The average molecular weight is 350 g/mol. The Balaban J connectivity index is 2.28. The first kappa shape index (κ1) is 17.9. The summed E-state index contributed by atoms with van der Waals surface area (Å²) in [7, 11) is -2.37. The lowest BCUT2D eigenvalue weighted by Gasteiger charge is -2.18. The molecule has 0 fully saturated rings. The molecule has 128 valence electrons. The van der Waals surface area contributed by atoms with Crippen LogP contribution in [0.2, 0.25) is 0 Å². The predicted molar refractivity (Wildman–Crippen MR) is 87.0 cm³/mol. The molecule has 3 N–H and O–H groups in total. The van der Waals surface area contributed by atoms with Crippen LogP contribution in [0.25, 0.3) is 0 Å². The molecule has 0 aliphatic heterocycles. The summed E-state index contributed by atoms with van der Waals surface area (Å²) in [4.78, 5) is 11.5. The second-order valence-electron chi connectivity index (χ2n) is 5.00. The highest BCUT2D eigenvalue weighted by Gasteiger charge is 2.23. The fourth-order valence-electron chi connectivity index (χ4n) is 2.15. The summed E-state index contributed by atoms with van der Waals surface area (Å²) < 4.78 is 32.6. The summed E-state index contributed by atoms with van der Waals surface area (Å²) in [5.74, 6) is -0.158. The molecular formula is C16H18N2O5S. The molecule has 2 rings (SSSR count). The molecule has 7 nitrogen and oxygen atoms in total. The van der Waals surface area contributed by atoms with Crippen LogP contribution in [-0.2, 0) is 14.8 Å². The highest BCUT2D eigenvalue weighted by atomic mass is 32.2. The van der Waals surface area contributed by atoms with Gasteiger partial charge in [0.05, 0.1) is 18.0 Å². The molecule has 1 atom stereocenters. The second kappa shape index (κ2) is 7.91. The minimum Gasteiger partial charge on any atom is -0.497 e. The highest BCUT2D eigenvalue weighted by Crippen LogP contribution is 2.21. The SMILES string of the molecule is COc1ccc(S(=O)(=O)NC(CC(=O)NO)c2ccccc2)cc1. The van der Waals surface area contributed by atoms with Crippen molar-refractivity contribution < 1.29 is 23.2 Å². The van der Waals surface area contributed by atoms with E-state index in [1.807, 2.05) is 0 Å². The summed E-state index contributed by atoms with van der Waals surface area (Å²) in [5.41, 5.74) is 2.12. The van der Waals surface area contributed by atoms with Crippen LogP contribution < -0.4 is 14.9 Å². The molecule has 1 unspecified atom stereocenters. The van der Waals surface area contributed by atoms with Crippen LogP contribution >= 0.6 is 0 Å². The van der Waals surface area contributed by atoms with Crippen molar-refractivity contribution in [3.63, 3.8) is 0 Å². The molecule has 0 saturated heterocycles. The van der Waals surface area contributed by atoms with E-state index in [1.165, 1.54) is 36.9 Å². The first-order chi connectivity index (χ1) is 11.5. The third-order valence-corrected chi connectivity index (χ3v) is 4.87. The normalized spacial score (nSPS) is 12.4. The lowest BCUT2D eigenvalue weighted by atomic mass is 10.0. The molecule has 0 saturated carbocycles. The van der Waals surface area contributed by atoms with Gasteiger partial charge in [0.2, 0.25) is 15.9 Å². The molecule has 0 spiro atoms. The van der Waals surface area contributed by atoms with E-state index in [9.17, 15) is 13.2 Å². The number of methoxy groups -OCH3 is 1. The van der Waals surface area contributed by atoms with Crippen molar-refractivity contribution >= 4 is 15.9 Å². The van der Waals surface area contributed by atoms with Gasteiger partial charge in [0.15, 0.2) is 0 Å². The second-order valence-corrected chi connectivity index (χ2v) is 6.71. The van der Waals surface area contributed by atoms with E-state index in [1.54, 1.807) is 30.3 Å². The number of benzene rings is 2.